The topological polar surface area (TPSA) is 72.8 Å². The average molecular weight is 569 g/mol. The fourth-order valence-corrected chi connectivity index (χ4v) is 5.15. The van der Waals surface area contributed by atoms with Crippen LogP contribution in [0.25, 0.3) is 0 Å². The minimum absolute atomic E-state index is 0.0589. The van der Waals surface area contributed by atoms with E-state index >= 15 is 0 Å². The number of unbranched alkanes of at least 4 members (excludes halogenated alkanes) is 21. The maximum atomic E-state index is 12.1. The van der Waals surface area contributed by atoms with Crippen molar-refractivity contribution >= 4 is 11.9 Å². The molecule has 0 bridgehead atoms. The smallest absolute Gasteiger partial charge is 0.306 e. The summed E-state index contributed by atoms with van der Waals surface area (Å²) in [5.41, 5.74) is 0. The van der Waals surface area contributed by atoms with Crippen LogP contribution in [0.1, 0.15) is 188 Å². The van der Waals surface area contributed by atoms with Crippen LogP contribution in [0.2, 0.25) is 0 Å². The van der Waals surface area contributed by atoms with Crippen LogP contribution in [-0.4, -0.2) is 36.4 Å². The quantitative estimate of drug-likeness (QED) is 0.0665. The van der Waals surface area contributed by atoms with Crippen molar-refractivity contribution in [3.05, 3.63) is 0 Å². The summed E-state index contributed by atoms with van der Waals surface area (Å²) < 4.78 is 10.6. The number of aliphatic hydroxyl groups excluding tert-OH is 1. The lowest BCUT2D eigenvalue weighted by molar-refractivity contribution is -0.161. The molecule has 40 heavy (non-hydrogen) atoms. The highest BCUT2D eigenvalue weighted by molar-refractivity contribution is 5.70. The van der Waals surface area contributed by atoms with Crippen molar-refractivity contribution in [2.75, 3.05) is 13.2 Å². The van der Waals surface area contributed by atoms with Crippen molar-refractivity contribution in [1.82, 2.24) is 0 Å². The fraction of sp³-hybridized carbons (Fsp3) is 0.943. The molecule has 0 unspecified atom stereocenters. The second-order valence-electron chi connectivity index (χ2n) is 12.4. The predicted molar refractivity (Wildman–Crippen MR) is 168 cm³/mol. The van der Waals surface area contributed by atoms with E-state index in [4.69, 9.17) is 9.47 Å². The van der Waals surface area contributed by atoms with E-state index in [9.17, 15) is 14.7 Å². The lowest BCUT2D eigenvalue weighted by Crippen LogP contribution is -2.28. The summed E-state index contributed by atoms with van der Waals surface area (Å²) in [6, 6.07) is 0. The second-order valence-corrected chi connectivity index (χ2v) is 12.4. The summed E-state index contributed by atoms with van der Waals surface area (Å²) in [6.45, 7) is 6.46. The zero-order valence-corrected chi connectivity index (χ0v) is 27.0. The van der Waals surface area contributed by atoms with E-state index in [0.717, 1.165) is 44.4 Å². The molecule has 0 amide bonds. The predicted octanol–water partition coefficient (Wildman–Crippen LogP) is 10.3. The molecular formula is C35H68O5. The Morgan fingerprint density at radius 3 is 1.32 bits per heavy atom. The van der Waals surface area contributed by atoms with E-state index < -0.39 is 6.10 Å². The number of rotatable bonds is 31. The van der Waals surface area contributed by atoms with Gasteiger partial charge < -0.3 is 14.6 Å². The monoisotopic (exact) mass is 569 g/mol. The van der Waals surface area contributed by atoms with Crippen molar-refractivity contribution in [1.29, 1.82) is 0 Å². The van der Waals surface area contributed by atoms with Gasteiger partial charge in [-0.05, 0) is 18.8 Å². The van der Waals surface area contributed by atoms with Crippen LogP contribution in [0.5, 0.6) is 0 Å². The minimum Gasteiger partial charge on any atom is -0.462 e. The SMILES string of the molecule is CCCCCCCCCCCCCCCCC(=O)O[C@@H](CO)COC(=O)CCCCCCCCCCCC(C)C. The number of esters is 2. The van der Waals surface area contributed by atoms with Crippen molar-refractivity contribution in [3.8, 4) is 0 Å². The Hall–Kier alpha value is -1.10. The van der Waals surface area contributed by atoms with E-state index in [-0.39, 0.29) is 25.2 Å². The molecule has 0 aliphatic heterocycles. The highest BCUT2D eigenvalue weighted by Crippen LogP contribution is 2.15. The third-order valence-corrected chi connectivity index (χ3v) is 7.83. The maximum absolute atomic E-state index is 12.1. The highest BCUT2D eigenvalue weighted by Gasteiger charge is 2.16. The average Bonchev–Trinajstić information content (AvgIpc) is 2.93. The van der Waals surface area contributed by atoms with Gasteiger partial charge in [0, 0.05) is 12.8 Å². The van der Waals surface area contributed by atoms with Gasteiger partial charge in [0.2, 0.25) is 0 Å². The lowest BCUT2D eigenvalue weighted by atomic mass is 10.0. The van der Waals surface area contributed by atoms with Crippen LogP contribution in [0, 0.1) is 5.92 Å². The highest BCUT2D eigenvalue weighted by atomic mass is 16.6. The van der Waals surface area contributed by atoms with Crippen molar-refractivity contribution in [2.45, 2.75) is 194 Å². The van der Waals surface area contributed by atoms with Crippen molar-refractivity contribution in [3.63, 3.8) is 0 Å². The summed E-state index contributed by atoms with van der Waals surface area (Å²) in [4.78, 5) is 24.1. The van der Waals surface area contributed by atoms with E-state index in [1.807, 2.05) is 0 Å². The first-order chi connectivity index (χ1) is 19.5. The number of ether oxygens (including phenoxy) is 2. The van der Waals surface area contributed by atoms with Crippen LogP contribution in [0.15, 0.2) is 0 Å². The summed E-state index contributed by atoms with van der Waals surface area (Å²) in [7, 11) is 0. The first kappa shape index (κ1) is 38.9. The number of hydrogen-bond acceptors (Lipinski definition) is 5. The van der Waals surface area contributed by atoms with E-state index in [1.165, 1.54) is 116 Å². The molecular weight excluding hydrogens is 500 g/mol. The summed E-state index contributed by atoms with van der Waals surface area (Å²) in [6.07, 6.45) is 30.1. The molecule has 0 saturated heterocycles. The molecule has 1 atom stereocenters. The molecule has 0 saturated carbocycles. The molecule has 0 heterocycles. The van der Waals surface area contributed by atoms with Gasteiger partial charge in [0.1, 0.15) is 6.61 Å². The molecule has 0 aliphatic carbocycles. The Balaban J connectivity index is 3.54. The van der Waals surface area contributed by atoms with Crippen LogP contribution in [-0.2, 0) is 19.1 Å². The van der Waals surface area contributed by atoms with Gasteiger partial charge in [-0.15, -0.1) is 0 Å². The van der Waals surface area contributed by atoms with Gasteiger partial charge in [-0.3, -0.25) is 9.59 Å². The number of aliphatic hydroxyl groups is 1. The molecule has 0 aromatic rings. The zero-order chi connectivity index (χ0) is 29.5. The Labute approximate surface area is 248 Å². The van der Waals surface area contributed by atoms with Gasteiger partial charge in [-0.2, -0.15) is 0 Å². The van der Waals surface area contributed by atoms with Gasteiger partial charge in [0.25, 0.3) is 0 Å². The second kappa shape index (κ2) is 30.8. The summed E-state index contributed by atoms with van der Waals surface area (Å²) >= 11 is 0. The van der Waals surface area contributed by atoms with E-state index in [0.29, 0.717) is 12.8 Å². The Morgan fingerprint density at radius 1 is 0.550 bits per heavy atom. The molecule has 1 N–H and O–H groups in total. The molecule has 0 aromatic heterocycles. The summed E-state index contributed by atoms with van der Waals surface area (Å²) in [5.74, 6) is 0.237. The molecule has 0 spiro atoms. The van der Waals surface area contributed by atoms with Gasteiger partial charge in [0.15, 0.2) is 6.10 Å². The first-order valence-electron chi connectivity index (χ1n) is 17.5. The van der Waals surface area contributed by atoms with E-state index in [1.54, 1.807) is 0 Å². The van der Waals surface area contributed by atoms with Crippen LogP contribution < -0.4 is 0 Å². The van der Waals surface area contributed by atoms with Gasteiger partial charge in [-0.25, -0.2) is 0 Å². The summed E-state index contributed by atoms with van der Waals surface area (Å²) in [5, 5.41) is 9.50. The Bertz CT molecular complexity index is 548. The van der Waals surface area contributed by atoms with Crippen molar-refractivity contribution < 1.29 is 24.2 Å². The first-order valence-corrected chi connectivity index (χ1v) is 17.5. The lowest BCUT2D eigenvalue weighted by Gasteiger charge is -2.15. The molecule has 0 fully saturated rings. The van der Waals surface area contributed by atoms with Crippen LogP contribution >= 0.6 is 0 Å². The van der Waals surface area contributed by atoms with E-state index in [2.05, 4.69) is 20.8 Å². The molecule has 0 aliphatic rings. The number of carbonyl (C=O) groups is 2. The third kappa shape index (κ3) is 29.9. The third-order valence-electron chi connectivity index (χ3n) is 7.83. The van der Waals surface area contributed by atoms with Gasteiger partial charge >= 0.3 is 11.9 Å². The molecule has 0 radical (unpaired) electrons. The molecule has 0 aromatic carbocycles. The van der Waals surface area contributed by atoms with Crippen molar-refractivity contribution in [2.24, 2.45) is 5.92 Å². The maximum Gasteiger partial charge on any atom is 0.306 e. The largest absolute Gasteiger partial charge is 0.462 e. The Kier molecular flexibility index (Phi) is 30.0. The van der Waals surface area contributed by atoms with Crippen LogP contribution in [0.3, 0.4) is 0 Å². The zero-order valence-electron chi connectivity index (χ0n) is 27.0. The van der Waals surface area contributed by atoms with Crippen LogP contribution in [0.4, 0.5) is 0 Å². The van der Waals surface area contributed by atoms with Gasteiger partial charge in [-0.1, -0.05) is 162 Å². The Morgan fingerprint density at radius 2 is 0.925 bits per heavy atom. The molecule has 238 valence electrons. The molecule has 0 rings (SSSR count). The molecule has 5 heteroatoms. The number of hydrogen-bond donors (Lipinski definition) is 1. The molecule has 5 nitrogen and oxygen atoms in total. The minimum atomic E-state index is -0.761. The fourth-order valence-electron chi connectivity index (χ4n) is 5.15. The van der Waals surface area contributed by atoms with Gasteiger partial charge in [0.05, 0.1) is 6.61 Å². The normalized spacial score (nSPS) is 12.1. The standard InChI is InChI=1S/C35H68O5/c1-4-5-6-7-8-9-10-11-12-13-16-20-23-26-29-35(38)40-33(30-36)31-39-34(37)28-25-22-19-17-14-15-18-21-24-27-32(2)3/h32-33,36H,4-31H2,1-3H3/t33-/m0/s1. The number of carbonyl (C=O) groups excluding carboxylic acids is 2.